The van der Waals surface area contributed by atoms with E-state index in [0.29, 0.717) is 12.3 Å². The third-order valence-corrected chi connectivity index (χ3v) is 5.80. The first-order valence-corrected chi connectivity index (χ1v) is 9.88. The topological polar surface area (TPSA) is 69.8 Å². The first-order valence-electron chi connectivity index (χ1n) is 8.83. The molecule has 1 amide bonds. The largest absolute Gasteiger partial charge is 0.351 e. The molecule has 0 saturated carbocycles. The summed E-state index contributed by atoms with van der Waals surface area (Å²) in [6.45, 7) is 4.51. The lowest BCUT2D eigenvalue weighted by atomic mass is 10.1. The second kappa shape index (κ2) is 7.51. The van der Waals surface area contributed by atoms with Gasteiger partial charge >= 0.3 is 0 Å². The zero-order valence-corrected chi connectivity index (χ0v) is 15.5. The predicted molar refractivity (Wildman–Crippen MR) is 106 cm³/mol. The van der Waals surface area contributed by atoms with Crippen LogP contribution in [0, 0.1) is 0 Å². The van der Waals surface area contributed by atoms with Gasteiger partial charge in [0, 0.05) is 19.6 Å². The normalized spacial score (nSPS) is 14.3. The zero-order chi connectivity index (χ0) is 17.9. The number of hydrogen-bond donors (Lipinski definition) is 3. The fourth-order valence-corrected chi connectivity index (χ4v) is 3.93. The summed E-state index contributed by atoms with van der Waals surface area (Å²) in [6.07, 6.45) is 0. The number of carbonyl (C=O) groups is 1. The van der Waals surface area contributed by atoms with Crippen LogP contribution >= 0.6 is 11.8 Å². The lowest BCUT2D eigenvalue weighted by Gasteiger charge is -2.10. The van der Waals surface area contributed by atoms with Crippen molar-refractivity contribution in [3.05, 3.63) is 65.0 Å². The number of thioether (sulfide) groups is 1. The SMILES string of the molecule is CC(SCC(=O)NCc1ccc2c(c1)CNC2)c1nc2ccccc2[nH]1. The molecule has 0 aliphatic carbocycles. The Kier molecular flexibility index (Phi) is 4.95. The summed E-state index contributed by atoms with van der Waals surface area (Å²) in [6, 6.07) is 14.4. The summed E-state index contributed by atoms with van der Waals surface area (Å²) in [5.41, 5.74) is 5.84. The van der Waals surface area contributed by atoms with Gasteiger partial charge in [0.25, 0.3) is 0 Å². The van der Waals surface area contributed by atoms with Crippen LogP contribution in [-0.2, 0) is 24.4 Å². The van der Waals surface area contributed by atoms with Crippen LogP contribution in [0.15, 0.2) is 42.5 Å². The van der Waals surface area contributed by atoms with Crippen molar-refractivity contribution in [3.8, 4) is 0 Å². The first kappa shape index (κ1) is 17.1. The Morgan fingerprint density at radius 1 is 1.23 bits per heavy atom. The first-order chi connectivity index (χ1) is 12.7. The van der Waals surface area contributed by atoms with Gasteiger partial charge in [0.2, 0.25) is 5.91 Å². The second-order valence-electron chi connectivity index (χ2n) is 6.58. The fraction of sp³-hybridized carbons (Fsp3) is 0.300. The maximum absolute atomic E-state index is 12.2. The van der Waals surface area contributed by atoms with Crippen LogP contribution in [0.4, 0.5) is 0 Å². The van der Waals surface area contributed by atoms with Crippen molar-refractivity contribution in [1.29, 1.82) is 0 Å². The number of aromatic amines is 1. The number of imidazole rings is 1. The van der Waals surface area contributed by atoms with E-state index >= 15 is 0 Å². The minimum Gasteiger partial charge on any atom is -0.351 e. The second-order valence-corrected chi connectivity index (χ2v) is 7.90. The number of benzene rings is 2. The molecule has 1 atom stereocenters. The highest BCUT2D eigenvalue weighted by Crippen LogP contribution is 2.27. The number of H-pyrrole nitrogens is 1. The van der Waals surface area contributed by atoms with Crippen LogP contribution in [0.2, 0.25) is 0 Å². The molecule has 6 heteroatoms. The molecule has 5 nitrogen and oxygen atoms in total. The summed E-state index contributed by atoms with van der Waals surface area (Å²) >= 11 is 1.59. The summed E-state index contributed by atoms with van der Waals surface area (Å²) in [5, 5.41) is 6.49. The molecule has 1 aromatic heterocycles. The van der Waals surface area contributed by atoms with Crippen LogP contribution in [-0.4, -0.2) is 21.6 Å². The monoisotopic (exact) mass is 366 g/mol. The van der Waals surface area contributed by atoms with E-state index in [-0.39, 0.29) is 11.2 Å². The van der Waals surface area contributed by atoms with Crippen molar-refractivity contribution in [2.75, 3.05) is 5.75 Å². The van der Waals surface area contributed by atoms with E-state index in [2.05, 4.69) is 45.7 Å². The maximum atomic E-state index is 12.2. The lowest BCUT2D eigenvalue weighted by molar-refractivity contribution is -0.118. The van der Waals surface area contributed by atoms with Gasteiger partial charge in [-0.2, -0.15) is 0 Å². The average molecular weight is 366 g/mol. The number of fused-ring (bicyclic) bond motifs is 2. The van der Waals surface area contributed by atoms with Gasteiger partial charge in [0.15, 0.2) is 0 Å². The van der Waals surface area contributed by atoms with E-state index < -0.39 is 0 Å². The number of aromatic nitrogens is 2. The van der Waals surface area contributed by atoms with Gasteiger partial charge in [0.1, 0.15) is 5.82 Å². The summed E-state index contributed by atoms with van der Waals surface area (Å²) in [7, 11) is 0. The number of nitrogens with zero attached hydrogens (tertiary/aromatic N) is 1. The Bertz CT molecular complexity index is 903. The Balaban J connectivity index is 1.28. The van der Waals surface area contributed by atoms with Crippen molar-refractivity contribution in [1.82, 2.24) is 20.6 Å². The lowest BCUT2D eigenvalue weighted by Crippen LogP contribution is -2.25. The molecule has 1 unspecified atom stereocenters. The van der Waals surface area contributed by atoms with Crippen molar-refractivity contribution in [3.63, 3.8) is 0 Å². The number of amides is 1. The zero-order valence-electron chi connectivity index (χ0n) is 14.7. The Labute approximate surface area is 157 Å². The van der Waals surface area contributed by atoms with E-state index in [1.54, 1.807) is 11.8 Å². The molecular formula is C20H22N4OS. The van der Waals surface area contributed by atoms with Crippen molar-refractivity contribution in [2.45, 2.75) is 31.8 Å². The van der Waals surface area contributed by atoms with Crippen molar-refractivity contribution in [2.24, 2.45) is 0 Å². The summed E-state index contributed by atoms with van der Waals surface area (Å²) in [5.74, 6) is 1.39. The molecule has 26 heavy (non-hydrogen) atoms. The van der Waals surface area contributed by atoms with Gasteiger partial charge in [-0.05, 0) is 35.7 Å². The minimum atomic E-state index is 0.0524. The van der Waals surface area contributed by atoms with Crippen molar-refractivity contribution < 1.29 is 4.79 Å². The van der Waals surface area contributed by atoms with Crippen LogP contribution in [0.3, 0.4) is 0 Å². The molecule has 0 bridgehead atoms. The minimum absolute atomic E-state index is 0.0524. The highest BCUT2D eigenvalue weighted by atomic mass is 32.2. The number of para-hydroxylation sites is 2. The molecule has 0 spiro atoms. The molecule has 0 fully saturated rings. The standard InChI is InChI=1S/C20H22N4OS/c1-13(20-23-17-4-2-3-5-18(17)24-20)26-12-19(25)22-9-14-6-7-15-10-21-11-16(15)8-14/h2-8,13,21H,9-12H2,1H3,(H,22,25)(H,23,24). The molecule has 3 N–H and O–H groups in total. The summed E-state index contributed by atoms with van der Waals surface area (Å²) in [4.78, 5) is 20.1. The van der Waals surface area contributed by atoms with Crippen LogP contribution < -0.4 is 10.6 Å². The molecule has 2 aromatic carbocycles. The number of hydrogen-bond acceptors (Lipinski definition) is 4. The van der Waals surface area contributed by atoms with Gasteiger partial charge in [-0.3, -0.25) is 4.79 Å². The maximum Gasteiger partial charge on any atom is 0.230 e. The molecule has 0 radical (unpaired) electrons. The Morgan fingerprint density at radius 3 is 2.96 bits per heavy atom. The Hall–Kier alpha value is -2.31. The molecule has 1 aliphatic rings. The predicted octanol–water partition coefficient (Wildman–Crippen LogP) is 3.28. The highest BCUT2D eigenvalue weighted by molar-refractivity contribution is 8.00. The van der Waals surface area contributed by atoms with Crippen LogP contribution in [0.5, 0.6) is 0 Å². The van der Waals surface area contributed by atoms with E-state index in [1.165, 1.54) is 11.1 Å². The van der Waals surface area contributed by atoms with E-state index in [9.17, 15) is 4.79 Å². The number of carbonyl (C=O) groups excluding carboxylic acids is 1. The molecular weight excluding hydrogens is 344 g/mol. The van der Waals surface area contributed by atoms with Gasteiger partial charge in [-0.25, -0.2) is 4.98 Å². The smallest absolute Gasteiger partial charge is 0.230 e. The molecule has 2 heterocycles. The third-order valence-electron chi connectivity index (χ3n) is 4.65. The number of rotatable bonds is 6. The highest BCUT2D eigenvalue weighted by Gasteiger charge is 2.14. The van der Waals surface area contributed by atoms with Gasteiger partial charge < -0.3 is 15.6 Å². The van der Waals surface area contributed by atoms with Gasteiger partial charge in [0.05, 0.1) is 22.0 Å². The van der Waals surface area contributed by atoms with E-state index in [4.69, 9.17) is 0 Å². The average Bonchev–Trinajstić information content (AvgIpc) is 3.30. The van der Waals surface area contributed by atoms with E-state index in [1.807, 2.05) is 24.3 Å². The fourth-order valence-electron chi connectivity index (χ4n) is 3.15. The Morgan fingerprint density at radius 2 is 2.08 bits per heavy atom. The van der Waals surface area contributed by atoms with Gasteiger partial charge in [-0.15, -0.1) is 11.8 Å². The molecule has 0 saturated heterocycles. The van der Waals surface area contributed by atoms with Crippen molar-refractivity contribution >= 4 is 28.7 Å². The molecule has 3 aromatic rings. The summed E-state index contributed by atoms with van der Waals surface area (Å²) < 4.78 is 0. The quantitative estimate of drug-likeness (QED) is 0.626. The van der Waals surface area contributed by atoms with Gasteiger partial charge in [-0.1, -0.05) is 30.3 Å². The third kappa shape index (κ3) is 3.76. The van der Waals surface area contributed by atoms with Crippen LogP contribution in [0.1, 0.15) is 34.7 Å². The van der Waals surface area contributed by atoms with E-state index in [0.717, 1.165) is 35.5 Å². The number of nitrogens with one attached hydrogen (secondary N) is 3. The molecule has 134 valence electrons. The molecule has 1 aliphatic heterocycles. The van der Waals surface area contributed by atoms with Crippen LogP contribution in [0.25, 0.3) is 11.0 Å². The molecule has 4 rings (SSSR count).